The van der Waals surface area contributed by atoms with E-state index in [0.29, 0.717) is 22.3 Å². The van der Waals surface area contributed by atoms with E-state index in [1.54, 1.807) is 6.07 Å². The van der Waals surface area contributed by atoms with Gasteiger partial charge in [0, 0.05) is 55.0 Å². The Hall–Kier alpha value is -1.34. The summed E-state index contributed by atoms with van der Waals surface area (Å²) < 4.78 is 0. The molecule has 1 aliphatic rings. The van der Waals surface area contributed by atoms with E-state index in [0.717, 1.165) is 32.7 Å². The van der Waals surface area contributed by atoms with Crippen molar-refractivity contribution in [1.29, 1.82) is 0 Å². The van der Waals surface area contributed by atoms with Crippen LogP contribution in [-0.2, 0) is 9.59 Å². The maximum absolute atomic E-state index is 11.8. The van der Waals surface area contributed by atoms with Crippen LogP contribution in [0.15, 0.2) is 18.2 Å². The average molecular weight is 345 g/mol. The van der Waals surface area contributed by atoms with Gasteiger partial charge in [-0.15, -0.1) is 0 Å². The molecular weight excluding hydrogens is 327 g/mol. The third-order valence-corrected chi connectivity index (χ3v) is 3.69. The molecule has 1 fully saturated rings. The number of hydrogen-bond acceptors (Lipinski definition) is 4. The van der Waals surface area contributed by atoms with Crippen molar-refractivity contribution in [2.45, 2.75) is 0 Å². The van der Waals surface area contributed by atoms with E-state index in [2.05, 4.69) is 20.9 Å². The van der Waals surface area contributed by atoms with Crippen molar-refractivity contribution >= 4 is 40.7 Å². The molecule has 2 rings (SSSR count). The molecule has 1 aromatic carbocycles. The molecule has 0 radical (unpaired) electrons. The van der Waals surface area contributed by atoms with Crippen molar-refractivity contribution in [2.75, 3.05) is 44.6 Å². The maximum Gasteiger partial charge on any atom is 0.313 e. The van der Waals surface area contributed by atoms with E-state index in [4.69, 9.17) is 23.2 Å². The van der Waals surface area contributed by atoms with Crippen molar-refractivity contribution in [3.8, 4) is 0 Å². The van der Waals surface area contributed by atoms with Gasteiger partial charge in [-0.1, -0.05) is 23.2 Å². The van der Waals surface area contributed by atoms with Gasteiger partial charge in [0.05, 0.1) is 0 Å². The van der Waals surface area contributed by atoms with Crippen molar-refractivity contribution in [1.82, 2.24) is 15.5 Å². The number of rotatable bonds is 4. The number of hydrogen-bond donors (Lipinski definition) is 3. The lowest BCUT2D eigenvalue weighted by Crippen LogP contribution is -2.47. The van der Waals surface area contributed by atoms with Crippen LogP contribution in [0, 0.1) is 0 Å². The molecular formula is C14H18Cl2N4O2. The van der Waals surface area contributed by atoms with Gasteiger partial charge in [-0.05, 0) is 18.2 Å². The Labute approximate surface area is 139 Å². The van der Waals surface area contributed by atoms with Crippen LogP contribution >= 0.6 is 23.2 Å². The van der Waals surface area contributed by atoms with E-state index in [1.165, 1.54) is 12.1 Å². The molecule has 0 atom stereocenters. The Balaban J connectivity index is 1.75. The van der Waals surface area contributed by atoms with E-state index >= 15 is 0 Å². The molecule has 6 nitrogen and oxygen atoms in total. The number of nitrogens with zero attached hydrogens (tertiary/aromatic N) is 1. The summed E-state index contributed by atoms with van der Waals surface area (Å²) in [6.07, 6.45) is 0. The van der Waals surface area contributed by atoms with Gasteiger partial charge in [0.1, 0.15) is 0 Å². The summed E-state index contributed by atoms with van der Waals surface area (Å²) in [6, 6.07) is 4.60. The number of nitrogens with one attached hydrogen (secondary N) is 3. The molecule has 2 amide bonds. The second kappa shape index (κ2) is 8.33. The topological polar surface area (TPSA) is 73.5 Å². The molecule has 3 N–H and O–H groups in total. The predicted octanol–water partition coefficient (Wildman–Crippen LogP) is 0.953. The fourth-order valence-electron chi connectivity index (χ4n) is 2.16. The molecule has 1 heterocycles. The molecule has 0 bridgehead atoms. The molecule has 120 valence electrons. The molecule has 0 aromatic heterocycles. The zero-order chi connectivity index (χ0) is 15.9. The van der Waals surface area contributed by atoms with Gasteiger partial charge in [-0.3, -0.25) is 14.5 Å². The molecule has 1 saturated heterocycles. The van der Waals surface area contributed by atoms with Gasteiger partial charge in [-0.2, -0.15) is 0 Å². The van der Waals surface area contributed by atoms with Crippen LogP contribution in [0.4, 0.5) is 5.69 Å². The molecule has 0 aliphatic carbocycles. The van der Waals surface area contributed by atoms with Crippen LogP contribution in [-0.4, -0.2) is 56.0 Å². The first-order valence-corrected chi connectivity index (χ1v) is 7.78. The van der Waals surface area contributed by atoms with Crippen molar-refractivity contribution in [3.63, 3.8) is 0 Å². The number of piperazine rings is 1. The van der Waals surface area contributed by atoms with Gasteiger partial charge in [0.2, 0.25) is 0 Å². The Morgan fingerprint density at radius 2 is 1.73 bits per heavy atom. The van der Waals surface area contributed by atoms with Crippen LogP contribution in [0.2, 0.25) is 10.0 Å². The third kappa shape index (κ3) is 5.46. The van der Waals surface area contributed by atoms with Gasteiger partial charge in [-0.25, -0.2) is 0 Å². The zero-order valence-corrected chi connectivity index (χ0v) is 13.5. The largest absolute Gasteiger partial charge is 0.347 e. The average Bonchev–Trinajstić information content (AvgIpc) is 2.47. The van der Waals surface area contributed by atoms with E-state index < -0.39 is 11.8 Å². The SMILES string of the molecule is O=C(NCCN1CCNCC1)C(=O)Nc1cc(Cl)cc(Cl)c1. The van der Waals surface area contributed by atoms with Crippen LogP contribution < -0.4 is 16.0 Å². The van der Waals surface area contributed by atoms with E-state index in [-0.39, 0.29) is 0 Å². The fraction of sp³-hybridized carbons (Fsp3) is 0.429. The van der Waals surface area contributed by atoms with E-state index in [1.807, 2.05) is 0 Å². The summed E-state index contributed by atoms with van der Waals surface area (Å²) in [5.41, 5.74) is 0.389. The van der Waals surface area contributed by atoms with Crippen molar-refractivity contribution in [2.24, 2.45) is 0 Å². The summed E-state index contributed by atoms with van der Waals surface area (Å²) in [4.78, 5) is 25.8. The Morgan fingerprint density at radius 3 is 2.36 bits per heavy atom. The standard InChI is InChI=1S/C14H18Cl2N4O2/c15-10-7-11(16)9-12(8-10)19-14(22)13(21)18-3-6-20-4-1-17-2-5-20/h7-9,17H,1-6H2,(H,18,21)(H,19,22). The van der Waals surface area contributed by atoms with Crippen LogP contribution in [0.1, 0.15) is 0 Å². The minimum atomic E-state index is -0.737. The number of amides is 2. The summed E-state index contributed by atoms with van der Waals surface area (Å²) in [7, 11) is 0. The first-order chi connectivity index (χ1) is 10.5. The first-order valence-electron chi connectivity index (χ1n) is 7.03. The molecule has 1 aliphatic heterocycles. The maximum atomic E-state index is 11.8. The summed E-state index contributed by atoms with van der Waals surface area (Å²) in [6.45, 7) is 4.95. The quantitative estimate of drug-likeness (QED) is 0.711. The van der Waals surface area contributed by atoms with Gasteiger partial charge in [0.15, 0.2) is 0 Å². The van der Waals surface area contributed by atoms with Crippen LogP contribution in [0.3, 0.4) is 0 Å². The third-order valence-electron chi connectivity index (χ3n) is 3.25. The number of halogens is 2. The predicted molar refractivity (Wildman–Crippen MR) is 87.4 cm³/mol. The summed E-state index contributed by atoms with van der Waals surface area (Å²) in [5.74, 6) is -1.41. The monoisotopic (exact) mass is 344 g/mol. The zero-order valence-electron chi connectivity index (χ0n) is 12.0. The lowest BCUT2D eigenvalue weighted by molar-refractivity contribution is -0.136. The summed E-state index contributed by atoms with van der Waals surface area (Å²) in [5, 5.41) is 9.10. The fourth-order valence-corrected chi connectivity index (χ4v) is 2.68. The van der Waals surface area contributed by atoms with Crippen molar-refractivity contribution < 1.29 is 9.59 Å². The minimum Gasteiger partial charge on any atom is -0.347 e. The highest BCUT2D eigenvalue weighted by Crippen LogP contribution is 2.22. The highest BCUT2D eigenvalue weighted by Gasteiger charge is 2.15. The highest BCUT2D eigenvalue weighted by molar-refractivity contribution is 6.40. The molecule has 0 saturated carbocycles. The number of anilines is 1. The smallest absolute Gasteiger partial charge is 0.313 e. The lowest BCUT2D eigenvalue weighted by Gasteiger charge is -2.26. The Morgan fingerprint density at radius 1 is 1.09 bits per heavy atom. The number of carbonyl (C=O) groups excluding carboxylic acids is 2. The Kier molecular flexibility index (Phi) is 6.45. The lowest BCUT2D eigenvalue weighted by atomic mass is 10.3. The highest BCUT2D eigenvalue weighted by atomic mass is 35.5. The second-order valence-corrected chi connectivity index (χ2v) is 5.83. The first kappa shape index (κ1) is 17.0. The molecule has 0 spiro atoms. The Bertz CT molecular complexity index is 527. The van der Waals surface area contributed by atoms with Crippen LogP contribution in [0.5, 0.6) is 0 Å². The molecule has 1 aromatic rings. The van der Waals surface area contributed by atoms with Gasteiger partial charge >= 0.3 is 11.8 Å². The second-order valence-electron chi connectivity index (χ2n) is 4.96. The number of carbonyl (C=O) groups is 2. The van der Waals surface area contributed by atoms with Crippen LogP contribution in [0.25, 0.3) is 0 Å². The molecule has 0 unspecified atom stereocenters. The minimum absolute atomic E-state index is 0.389. The summed E-state index contributed by atoms with van der Waals surface area (Å²) >= 11 is 11.7. The molecule has 22 heavy (non-hydrogen) atoms. The van der Waals surface area contributed by atoms with Gasteiger partial charge < -0.3 is 16.0 Å². The van der Waals surface area contributed by atoms with Crippen molar-refractivity contribution in [3.05, 3.63) is 28.2 Å². The normalized spacial score (nSPS) is 15.4. The number of benzene rings is 1. The van der Waals surface area contributed by atoms with Gasteiger partial charge in [0.25, 0.3) is 0 Å². The molecule has 8 heteroatoms. The van der Waals surface area contributed by atoms with E-state index in [9.17, 15) is 9.59 Å².